The number of carbonyl (C=O) groups excluding carboxylic acids is 1. The van der Waals surface area contributed by atoms with E-state index in [2.05, 4.69) is 26.2 Å². The van der Waals surface area contributed by atoms with Crippen LogP contribution in [0.2, 0.25) is 0 Å². The maximum atomic E-state index is 10.8. The molecule has 0 bridgehead atoms. The van der Waals surface area contributed by atoms with E-state index in [1.165, 1.54) is 6.92 Å². The Hall–Kier alpha value is -0.900. The molecule has 1 N–H and O–H groups in total. The van der Waals surface area contributed by atoms with Crippen molar-refractivity contribution in [1.29, 1.82) is 0 Å². The first kappa shape index (κ1) is 10.2. The lowest BCUT2D eigenvalue weighted by molar-refractivity contribution is -0.119. The van der Waals surface area contributed by atoms with Crippen molar-refractivity contribution in [2.24, 2.45) is 0 Å². The summed E-state index contributed by atoms with van der Waals surface area (Å²) in [5.74, 6) is -0.0320. The number of hydrogen-bond donors (Lipinski definition) is 1. The van der Waals surface area contributed by atoms with Gasteiger partial charge in [-0.3, -0.25) is 4.79 Å². The molecule has 1 atom stereocenters. The van der Waals surface area contributed by atoms with Gasteiger partial charge in [0.2, 0.25) is 5.91 Å². The van der Waals surface area contributed by atoms with Gasteiger partial charge in [0.15, 0.2) is 0 Å². The quantitative estimate of drug-likeness (QED) is 0.807. The predicted octanol–water partition coefficient (Wildman–Crippen LogP) is 2.04. The SMILES string of the molecule is CC(=O)NC(C)c1ccc(Br)nc1. The molecule has 3 nitrogen and oxygen atoms in total. The molecule has 13 heavy (non-hydrogen) atoms. The van der Waals surface area contributed by atoms with Gasteiger partial charge in [-0.25, -0.2) is 4.98 Å². The minimum Gasteiger partial charge on any atom is -0.350 e. The van der Waals surface area contributed by atoms with E-state index in [-0.39, 0.29) is 11.9 Å². The van der Waals surface area contributed by atoms with Crippen LogP contribution in [0, 0.1) is 0 Å². The van der Waals surface area contributed by atoms with Gasteiger partial charge in [-0.15, -0.1) is 0 Å². The van der Waals surface area contributed by atoms with Crippen LogP contribution in [0.15, 0.2) is 22.9 Å². The first-order valence-electron chi connectivity index (χ1n) is 3.98. The summed E-state index contributed by atoms with van der Waals surface area (Å²) in [7, 11) is 0. The normalized spacial score (nSPS) is 12.2. The van der Waals surface area contributed by atoms with Crippen LogP contribution < -0.4 is 5.32 Å². The Morgan fingerprint density at radius 2 is 2.31 bits per heavy atom. The standard InChI is InChI=1S/C9H11BrN2O/c1-6(12-7(2)13)8-3-4-9(10)11-5-8/h3-6H,1-2H3,(H,12,13). The molecule has 0 spiro atoms. The van der Waals surface area contributed by atoms with Crippen molar-refractivity contribution < 1.29 is 4.79 Å². The van der Waals surface area contributed by atoms with E-state index in [4.69, 9.17) is 0 Å². The summed E-state index contributed by atoms with van der Waals surface area (Å²) in [6.07, 6.45) is 1.74. The highest BCUT2D eigenvalue weighted by atomic mass is 79.9. The summed E-state index contributed by atoms with van der Waals surface area (Å²) in [6.45, 7) is 3.43. The number of carbonyl (C=O) groups is 1. The Morgan fingerprint density at radius 1 is 1.62 bits per heavy atom. The van der Waals surface area contributed by atoms with Gasteiger partial charge in [0.25, 0.3) is 0 Å². The molecule has 1 rings (SSSR count). The maximum absolute atomic E-state index is 10.8. The largest absolute Gasteiger partial charge is 0.350 e. The third-order valence-corrected chi connectivity index (χ3v) is 2.14. The highest BCUT2D eigenvalue weighted by Gasteiger charge is 2.05. The summed E-state index contributed by atoms with van der Waals surface area (Å²) in [5.41, 5.74) is 0.999. The number of rotatable bonds is 2. The van der Waals surface area contributed by atoms with Crippen molar-refractivity contribution in [3.8, 4) is 0 Å². The fourth-order valence-corrected chi connectivity index (χ4v) is 1.27. The second-order valence-corrected chi connectivity index (χ2v) is 3.65. The first-order valence-corrected chi connectivity index (χ1v) is 4.77. The highest BCUT2D eigenvalue weighted by Crippen LogP contribution is 2.13. The Labute approximate surface area is 85.7 Å². The minimum atomic E-state index is -0.0320. The van der Waals surface area contributed by atoms with Gasteiger partial charge in [0.1, 0.15) is 4.60 Å². The Bertz CT molecular complexity index is 297. The molecule has 1 heterocycles. The summed E-state index contributed by atoms with van der Waals surface area (Å²) < 4.78 is 0.797. The van der Waals surface area contributed by atoms with E-state index in [1.807, 2.05) is 19.1 Å². The van der Waals surface area contributed by atoms with Gasteiger partial charge in [0.05, 0.1) is 6.04 Å². The van der Waals surface area contributed by atoms with Gasteiger partial charge in [-0.1, -0.05) is 6.07 Å². The summed E-state index contributed by atoms with van der Waals surface area (Å²) >= 11 is 3.25. The van der Waals surface area contributed by atoms with E-state index in [1.54, 1.807) is 6.20 Å². The van der Waals surface area contributed by atoms with Crippen LogP contribution in [-0.4, -0.2) is 10.9 Å². The molecule has 1 aromatic heterocycles. The van der Waals surface area contributed by atoms with Crippen molar-refractivity contribution in [1.82, 2.24) is 10.3 Å². The van der Waals surface area contributed by atoms with Crippen LogP contribution in [0.5, 0.6) is 0 Å². The van der Waals surface area contributed by atoms with E-state index >= 15 is 0 Å². The Morgan fingerprint density at radius 3 is 2.77 bits per heavy atom. The van der Waals surface area contributed by atoms with Gasteiger partial charge in [0, 0.05) is 13.1 Å². The van der Waals surface area contributed by atoms with Gasteiger partial charge < -0.3 is 5.32 Å². The number of hydrogen-bond acceptors (Lipinski definition) is 2. The van der Waals surface area contributed by atoms with Crippen molar-refractivity contribution in [2.75, 3.05) is 0 Å². The monoisotopic (exact) mass is 242 g/mol. The zero-order chi connectivity index (χ0) is 9.84. The lowest BCUT2D eigenvalue weighted by Gasteiger charge is -2.11. The molecule has 1 amide bonds. The molecule has 4 heteroatoms. The lowest BCUT2D eigenvalue weighted by Crippen LogP contribution is -2.23. The number of halogens is 1. The molecule has 0 saturated heterocycles. The van der Waals surface area contributed by atoms with Crippen LogP contribution in [0.1, 0.15) is 25.5 Å². The molecular formula is C9H11BrN2O. The van der Waals surface area contributed by atoms with Crippen molar-refractivity contribution in [2.45, 2.75) is 19.9 Å². The molecule has 0 aliphatic carbocycles. The average molecular weight is 243 g/mol. The Balaban J connectivity index is 2.71. The van der Waals surface area contributed by atoms with Gasteiger partial charge in [-0.05, 0) is 34.5 Å². The van der Waals surface area contributed by atoms with Crippen LogP contribution in [0.4, 0.5) is 0 Å². The number of pyridine rings is 1. The third kappa shape index (κ3) is 3.14. The predicted molar refractivity (Wildman–Crippen MR) is 54.2 cm³/mol. The smallest absolute Gasteiger partial charge is 0.217 e. The molecule has 0 aliphatic heterocycles. The zero-order valence-electron chi connectivity index (χ0n) is 7.54. The fraction of sp³-hybridized carbons (Fsp3) is 0.333. The molecule has 1 aromatic rings. The van der Waals surface area contributed by atoms with Crippen molar-refractivity contribution in [3.05, 3.63) is 28.5 Å². The number of nitrogens with one attached hydrogen (secondary N) is 1. The minimum absolute atomic E-state index is 0.0121. The lowest BCUT2D eigenvalue weighted by atomic mass is 10.1. The topological polar surface area (TPSA) is 42.0 Å². The van der Waals surface area contributed by atoms with E-state index in [0.29, 0.717) is 0 Å². The zero-order valence-corrected chi connectivity index (χ0v) is 9.13. The summed E-state index contributed by atoms with van der Waals surface area (Å²) in [5, 5.41) is 2.78. The van der Waals surface area contributed by atoms with Crippen LogP contribution >= 0.6 is 15.9 Å². The van der Waals surface area contributed by atoms with E-state index < -0.39 is 0 Å². The summed E-state index contributed by atoms with van der Waals surface area (Å²) in [4.78, 5) is 14.8. The average Bonchev–Trinajstić information content (AvgIpc) is 2.04. The summed E-state index contributed by atoms with van der Waals surface area (Å²) in [6, 6.07) is 3.80. The Kier molecular flexibility index (Phi) is 3.42. The molecule has 1 unspecified atom stereocenters. The molecule has 70 valence electrons. The molecule has 0 radical (unpaired) electrons. The maximum Gasteiger partial charge on any atom is 0.217 e. The molecule has 0 fully saturated rings. The van der Waals surface area contributed by atoms with Gasteiger partial charge in [-0.2, -0.15) is 0 Å². The second-order valence-electron chi connectivity index (χ2n) is 2.84. The third-order valence-electron chi connectivity index (χ3n) is 1.67. The number of amides is 1. The molecule has 0 aliphatic rings. The van der Waals surface area contributed by atoms with Crippen molar-refractivity contribution >= 4 is 21.8 Å². The van der Waals surface area contributed by atoms with E-state index in [0.717, 1.165) is 10.2 Å². The van der Waals surface area contributed by atoms with Crippen LogP contribution in [-0.2, 0) is 4.79 Å². The fourth-order valence-electron chi connectivity index (χ4n) is 1.03. The molecular weight excluding hydrogens is 232 g/mol. The first-order chi connectivity index (χ1) is 6.09. The van der Waals surface area contributed by atoms with Crippen LogP contribution in [0.3, 0.4) is 0 Å². The molecule has 0 aromatic carbocycles. The van der Waals surface area contributed by atoms with Gasteiger partial charge >= 0.3 is 0 Å². The second kappa shape index (κ2) is 4.37. The van der Waals surface area contributed by atoms with E-state index in [9.17, 15) is 4.79 Å². The number of nitrogens with zero attached hydrogens (tertiary/aromatic N) is 1. The van der Waals surface area contributed by atoms with Crippen LogP contribution in [0.25, 0.3) is 0 Å². The number of aromatic nitrogens is 1. The van der Waals surface area contributed by atoms with Crippen molar-refractivity contribution in [3.63, 3.8) is 0 Å². The highest BCUT2D eigenvalue weighted by molar-refractivity contribution is 9.10. The molecule has 0 saturated carbocycles.